The summed E-state index contributed by atoms with van der Waals surface area (Å²) in [5.74, 6) is -0.554. The van der Waals surface area contributed by atoms with E-state index >= 15 is 0 Å². The molecule has 0 unspecified atom stereocenters. The molecule has 38 heavy (non-hydrogen) atoms. The zero-order chi connectivity index (χ0) is 26.2. The maximum Gasteiger partial charge on any atom is 0.336 e. The molecule has 0 saturated heterocycles. The monoisotopic (exact) mass is 568 g/mol. The first-order chi connectivity index (χ1) is 17.3. The van der Waals surface area contributed by atoms with Crippen LogP contribution in [0.2, 0.25) is 0 Å². The van der Waals surface area contributed by atoms with Crippen molar-refractivity contribution in [1.29, 1.82) is 0 Å². The number of aromatic carboxylic acids is 2. The normalized spacial score (nSPS) is 11.7. The number of ether oxygens (including phenoxy) is 1. The molecule has 0 fully saturated rings. The Hall–Kier alpha value is -2.32. The molecule has 0 aliphatic carbocycles. The fraction of sp³-hybridized carbons (Fsp3) is 0.517. The van der Waals surface area contributed by atoms with E-state index in [9.17, 15) is 19.8 Å². The van der Waals surface area contributed by atoms with Crippen LogP contribution in [0.1, 0.15) is 83.5 Å². The van der Waals surface area contributed by atoms with Crippen LogP contribution in [0.4, 0.5) is 0 Å². The van der Waals surface area contributed by atoms with Gasteiger partial charge in [0.25, 0.3) is 0 Å². The van der Waals surface area contributed by atoms with Gasteiger partial charge in [-0.25, -0.2) is 9.59 Å². The lowest BCUT2D eigenvalue weighted by Crippen LogP contribution is -2.25. The van der Waals surface area contributed by atoms with E-state index in [1.165, 1.54) is 0 Å². The second-order valence-electron chi connectivity index (χ2n) is 9.34. The van der Waals surface area contributed by atoms with Crippen molar-refractivity contribution in [1.82, 2.24) is 9.80 Å². The highest BCUT2D eigenvalue weighted by Crippen LogP contribution is 2.41. The van der Waals surface area contributed by atoms with Gasteiger partial charge in [-0.2, -0.15) is 0 Å². The molecule has 9 heteroatoms. The highest BCUT2D eigenvalue weighted by Gasteiger charge is 2.27. The first-order valence-electron chi connectivity index (χ1n) is 13.2. The summed E-state index contributed by atoms with van der Waals surface area (Å²) >= 11 is 0. The summed E-state index contributed by atoms with van der Waals surface area (Å²) in [5.41, 5.74) is 3.89. The predicted octanol–water partition coefficient (Wildman–Crippen LogP) is 6.17. The number of hydrogen-bond donors (Lipinski definition) is 2. The summed E-state index contributed by atoms with van der Waals surface area (Å²) in [4.78, 5) is 28.8. The number of carboxylic acid groups (broad SMARTS) is 2. The van der Waals surface area contributed by atoms with E-state index < -0.39 is 11.9 Å². The number of nitrogens with zero attached hydrogens (tertiary/aromatic N) is 2. The van der Waals surface area contributed by atoms with E-state index in [0.29, 0.717) is 36.3 Å². The highest BCUT2D eigenvalue weighted by molar-refractivity contribution is 5.93. The summed E-state index contributed by atoms with van der Waals surface area (Å²) in [6, 6.07) is 6.79. The molecule has 1 aliphatic rings. The number of carbonyl (C=O) groups is 2. The number of halogens is 2. The van der Waals surface area contributed by atoms with Crippen molar-refractivity contribution in [2.75, 3.05) is 39.3 Å². The number of aryl methyl sites for hydroxylation is 1. The summed E-state index contributed by atoms with van der Waals surface area (Å²) in [7, 11) is 0. The average Bonchev–Trinajstić information content (AvgIpc) is 2.87. The summed E-state index contributed by atoms with van der Waals surface area (Å²) in [6.45, 7) is 14.2. The SMILES string of the molecule is CCN(CC)CCCc1cc2c(c(CCCN(CC)CC)c1C(=O)O)Cc1cc(C(=O)O)ccc1O2.Cl.Cl. The second kappa shape index (κ2) is 15.9. The van der Waals surface area contributed by atoms with Crippen LogP contribution < -0.4 is 4.74 Å². The van der Waals surface area contributed by atoms with Crippen molar-refractivity contribution in [3.63, 3.8) is 0 Å². The molecule has 1 aliphatic heterocycles. The average molecular weight is 570 g/mol. The molecule has 0 bridgehead atoms. The first-order valence-corrected chi connectivity index (χ1v) is 13.2. The molecule has 0 spiro atoms. The van der Waals surface area contributed by atoms with Crippen molar-refractivity contribution in [3.05, 3.63) is 57.6 Å². The van der Waals surface area contributed by atoms with Crippen LogP contribution in [0, 0.1) is 0 Å². The maximum atomic E-state index is 12.6. The van der Waals surface area contributed by atoms with Crippen molar-refractivity contribution in [3.8, 4) is 11.5 Å². The fourth-order valence-electron chi connectivity index (χ4n) is 5.15. The van der Waals surface area contributed by atoms with Crippen LogP contribution in [0.5, 0.6) is 11.5 Å². The minimum absolute atomic E-state index is 0. The lowest BCUT2D eigenvalue weighted by molar-refractivity contribution is 0.0684. The van der Waals surface area contributed by atoms with E-state index in [1.54, 1.807) is 18.2 Å². The van der Waals surface area contributed by atoms with Crippen molar-refractivity contribution in [2.24, 2.45) is 0 Å². The van der Waals surface area contributed by atoms with Gasteiger partial charge >= 0.3 is 11.9 Å². The third-order valence-electron chi connectivity index (χ3n) is 7.31. The number of benzene rings is 2. The zero-order valence-electron chi connectivity index (χ0n) is 22.9. The van der Waals surface area contributed by atoms with Crippen molar-refractivity contribution in [2.45, 2.75) is 59.8 Å². The van der Waals surface area contributed by atoms with Gasteiger partial charge in [0.05, 0.1) is 11.1 Å². The molecular formula is C29H42Cl2N2O5. The quantitative estimate of drug-likeness (QED) is 0.240. The van der Waals surface area contributed by atoms with Gasteiger partial charge in [0, 0.05) is 17.5 Å². The van der Waals surface area contributed by atoms with Gasteiger partial charge < -0.3 is 24.7 Å². The largest absolute Gasteiger partial charge is 0.478 e. The van der Waals surface area contributed by atoms with Crippen LogP contribution in [-0.4, -0.2) is 71.2 Å². The van der Waals surface area contributed by atoms with E-state index in [1.807, 2.05) is 6.07 Å². The molecule has 1 heterocycles. The van der Waals surface area contributed by atoms with Crippen LogP contribution in [0.15, 0.2) is 24.3 Å². The standard InChI is InChI=1S/C29H40N2O5.2ClH/c1-5-30(6-2)15-9-11-20-19-26-24(18-22-17-21(28(32)33)13-14-25(22)36-26)23(27(20)29(34)35)12-10-16-31(7-3)8-4;;/h13-14,17,19H,5-12,15-16,18H2,1-4H3,(H,32,33)(H,34,35);2*1H. The molecule has 2 aromatic rings. The number of carboxylic acids is 2. The van der Waals surface area contributed by atoms with Crippen LogP contribution >= 0.6 is 24.8 Å². The minimum atomic E-state index is -0.988. The topological polar surface area (TPSA) is 90.3 Å². The van der Waals surface area contributed by atoms with Crippen molar-refractivity contribution < 1.29 is 24.5 Å². The zero-order valence-corrected chi connectivity index (χ0v) is 24.6. The fourth-order valence-corrected chi connectivity index (χ4v) is 5.15. The molecule has 2 N–H and O–H groups in total. The molecule has 0 atom stereocenters. The van der Waals surface area contributed by atoms with Crippen LogP contribution in [0.3, 0.4) is 0 Å². The van der Waals surface area contributed by atoms with Gasteiger partial charge in [0.15, 0.2) is 0 Å². The van der Waals surface area contributed by atoms with Gasteiger partial charge in [-0.15, -0.1) is 24.8 Å². The Balaban J connectivity index is 0.00000361. The van der Waals surface area contributed by atoms with E-state index in [0.717, 1.165) is 74.4 Å². The smallest absolute Gasteiger partial charge is 0.336 e. The molecule has 2 aromatic carbocycles. The Morgan fingerprint density at radius 2 is 1.39 bits per heavy atom. The Bertz CT molecular complexity index is 1090. The third kappa shape index (κ3) is 8.09. The van der Waals surface area contributed by atoms with Crippen LogP contribution in [-0.2, 0) is 19.3 Å². The van der Waals surface area contributed by atoms with E-state index in [2.05, 4.69) is 37.5 Å². The predicted molar refractivity (Wildman–Crippen MR) is 156 cm³/mol. The Morgan fingerprint density at radius 1 is 0.816 bits per heavy atom. The first kappa shape index (κ1) is 33.7. The maximum absolute atomic E-state index is 12.6. The molecule has 3 rings (SSSR count). The third-order valence-corrected chi connectivity index (χ3v) is 7.31. The number of fused-ring (bicyclic) bond motifs is 2. The molecule has 0 aromatic heterocycles. The van der Waals surface area contributed by atoms with E-state index in [4.69, 9.17) is 4.74 Å². The Kier molecular flexibility index (Phi) is 14.1. The van der Waals surface area contributed by atoms with E-state index in [-0.39, 0.29) is 30.4 Å². The highest BCUT2D eigenvalue weighted by atomic mass is 35.5. The van der Waals surface area contributed by atoms with Gasteiger partial charge in [0.1, 0.15) is 11.5 Å². The van der Waals surface area contributed by atoms with Crippen LogP contribution in [0.25, 0.3) is 0 Å². The van der Waals surface area contributed by atoms with Crippen molar-refractivity contribution >= 4 is 36.8 Å². The summed E-state index contributed by atoms with van der Waals surface area (Å²) in [5, 5.41) is 19.8. The second-order valence-corrected chi connectivity index (χ2v) is 9.34. The summed E-state index contributed by atoms with van der Waals surface area (Å²) < 4.78 is 6.26. The van der Waals surface area contributed by atoms with Gasteiger partial charge in [-0.1, -0.05) is 27.7 Å². The minimum Gasteiger partial charge on any atom is -0.478 e. The summed E-state index contributed by atoms with van der Waals surface area (Å²) in [6.07, 6.45) is 3.49. The molecule has 0 saturated carbocycles. The molecular weight excluding hydrogens is 527 g/mol. The molecule has 0 radical (unpaired) electrons. The lowest BCUT2D eigenvalue weighted by Gasteiger charge is -2.27. The number of rotatable bonds is 14. The van der Waals surface area contributed by atoms with Gasteiger partial charge in [-0.05, 0) is 100 Å². The van der Waals surface area contributed by atoms with Gasteiger partial charge in [0.2, 0.25) is 0 Å². The Labute approximate surface area is 239 Å². The molecule has 212 valence electrons. The Morgan fingerprint density at radius 3 is 1.92 bits per heavy atom. The number of hydrogen-bond acceptors (Lipinski definition) is 5. The molecule has 7 nitrogen and oxygen atoms in total. The molecule has 0 amide bonds. The lowest BCUT2D eigenvalue weighted by atomic mass is 9.86. The van der Waals surface area contributed by atoms with Gasteiger partial charge in [-0.3, -0.25) is 0 Å².